The fourth-order valence-electron chi connectivity index (χ4n) is 1.21. The van der Waals surface area contributed by atoms with Gasteiger partial charge in [0.2, 0.25) is 0 Å². The van der Waals surface area contributed by atoms with E-state index in [1.807, 2.05) is 6.07 Å². The predicted molar refractivity (Wildman–Crippen MR) is 70.6 cm³/mol. The van der Waals surface area contributed by atoms with Crippen molar-refractivity contribution in [1.29, 1.82) is 0 Å². The number of pyridine rings is 1. The highest BCUT2D eigenvalue weighted by molar-refractivity contribution is 9.10. The fraction of sp³-hybridized carbons (Fsp3) is 0.545. The molecule has 0 aliphatic heterocycles. The third-order valence-corrected chi connectivity index (χ3v) is 2.57. The Balaban J connectivity index is 2.21. The summed E-state index contributed by atoms with van der Waals surface area (Å²) in [4.78, 5) is 4.19. The number of nitrogens with two attached hydrogens (primary N) is 1. The van der Waals surface area contributed by atoms with Crippen LogP contribution in [0, 0.1) is 0 Å². The minimum Gasteiger partial charge on any atom is -0.397 e. The zero-order valence-corrected chi connectivity index (χ0v) is 11.1. The number of hydrogen-bond acceptors (Lipinski definition) is 4. The van der Waals surface area contributed by atoms with Gasteiger partial charge in [-0.2, -0.15) is 0 Å². The Morgan fingerprint density at radius 1 is 1.50 bits per heavy atom. The maximum atomic E-state index is 5.60. The first-order chi connectivity index (χ1) is 7.74. The highest BCUT2D eigenvalue weighted by Gasteiger charge is 2.00. The SMILES string of the molecule is CCCOCCCNc1ncc(N)cc1Br. The lowest BCUT2D eigenvalue weighted by atomic mass is 10.4. The molecule has 90 valence electrons. The molecule has 4 nitrogen and oxygen atoms in total. The van der Waals surface area contributed by atoms with Crippen LogP contribution in [-0.2, 0) is 4.74 Å². The number of halogens is 1. The first-order valence-electron chi connectivity index (χ1n) is 5.46. The molecular weight excluding hydrogens is 270 g/mol. The van der Waals surface area contributed by atoms with Gasteiger partial charge < -0.3 is 15.8 Å². The average Bonchev–Trinajstić information content (AvgIpc) is 2.26. The zero-order chi connectivity index (χ0) is 11.8. The molecule has 0 aromatic carbocycles. The summed E-state index contributed by atoms with van der Waals surface area (Å²) >= 11 is 3.40. The number of hydrogen-bond donors (Lipinski definition) is 2. The number of nitrogens with one attached hydrogen (secondary N) is 1. The lowest BCUT2D eigenvalue weighted by Crippen LogP contribution is -2.07. The first-order valence-corrected chi connectivity index (χ1v) is 6.26. The molecule has 1 rings (SSSR count). The van der Waals surface area contributed by atoms with E-state index in [9.17, 15) is 0 Å². The molecule has 0 spiro atoms. The van der Waals surface area contributed by atoms with Crippen LogP contribution >= 0.6 is 15.9 Å². The molecule has 1 aromatic rings. The van der Waals surface area contributed by atoms with Gasteiger partial charge in [-0.3, -0.25) is 0 Å². The molecule has 0 unspecified atom stereocenters. The molecule has 0 amide bonds. The van der Waals surface area contributed by atoms with Crippen molar-refractivity contribution in [2.75, 3.05) is 30.8 Å². The van der Waals surface area contributed by atoms with E-state index in [1.165, 1.54) is 0 Å². The topological polar surface area (TPSA) is 60.2 Å². The van der Waals surface area contributed by atoms with Crippen LogP contribution in [0.4, 0.5) is 11.5 Å². The molecular formula is C11H18BrN3O. The van der Waals surface area contributed by atoms with Gasteiger partial charge in [-0.1, -0.05) is 6.92 Å². The maximum absolute atomic E-state index is 5.60. The number of rotatable bonds is 7. The highest BCUT2D eigenvalue weighted by Crippen LogP contribution is 2.21. The van der Waals surface area contributed by atoms with E-state index in [-0.39, 0.29) is 0 Å². The second kappa shape index (κ2) is 7.46. The Morgan fingerprint density at radius 3 is 3.00 bits per heavy atom. The van der Waals surface area contributed by atoms with Crippen molar-refractivity contribution < 1.29 is 4.74 Å². The molecule has 3 N–H and O–H groups in total. The summed E-state index contributed by atoms with van der Waals surface area (Å²) in [6, 6.07) is 1.84. The van der Waals surface area contributed by atoms with Crippen LogP contribution in [-0.4, -0.2) is 24.7 Å². The van der Waals surface area contributed by atoms with E-state index in [0.29, 0.717) is 5.69 Å². The number of anilines is 2. The van der Waals surface area contributed by atoms with Crippen LogP contribution < -0.4 is 11.1 Å². The maximum Gasteiger partial charge on any atom is 0.140 e. The van der Waals surface area contributed by atoms with Gasteiger partial charge in [0.05, 0.1) is 16.4 Å². The van der Waals surface area contributed by atoms with E-state index < -0.39 is 0 Å². The van der Waals surface area contributed by atoms with Crippen molar-refractivity contribution in [1.82, 2.24) is 4.98 Å². The van der Waals surface area contributed by atoms with E-state index in [2.05, 4.69) is 33.2 Å². The third kappa shape index (κ3) is 4.81. The molecule has 0 fully saturated rings. The summed E-state index contributed by atoms with van der Waals surface area (Å²) < 4.78 is 6.27. The molecule has 5 heteroatoms. The van der Waals surface area contributed by atoms with Crippen LogP contribution in [0.3, 0.4) is 0 Å². The Kier molecular flexibility index (Phi) is 6.18. The summed E-state index contributed by atoms with van der Waals surface area (Å²) in [7, 11) is 0. The molecule has 0 aliphatic rings. The quantitative estimate of drug-likeness (QED) is 0.757. The molecule has 1 aromatic heterocycles. The number of ether oxygens (including phenoxy) is 1. The van der Waals surface area contributed by atoms with Crippen molar-refractivity contribution in [3.63, 3.8) is 0 Å². The van der Waals surface area contributed by atoms with Crippen LogP contribution in [0.5, 0.6) is 0 Å². The molecule has 0 radical (unpaired) electrons. The van der Waals surface area contributed by atoms with Crippen molar-refractivity contribution in [3.05, 3.63) is 16.7 Å². The summed E-state index contributed by atoms with van der Waals surface area (Å²) in [5.74, 6) is 0.824. The molecule has 1 heterocycles. The minimum absolute atomic E-state index is 0.656. The van der Waals surface area contributed by atoms with Crippen LogP contribution in [0.25, 0.3) is 0 Å². The Bertz CT molecular complexity index is 320. The first kappa shape index (κ1) is 13.3. The Morgan fingerprint density at radius 2 is 2.31 bits per heavy atom. The smallest absolute Gasteiger partial charge is 0.140 e. The number of nitrogen functional groups attached to an aromatic ring is 1. The van der Waals surface area contributed by atoms with Crippen LogP contribution in [0.1, 0.15) is 19.8 Å². The predicted octanol–water partition coefficient (Wildman–Crippen LogP) is 2.65. The molecule has 0 saturated carbocycles. The Labute approximate surface area is 105 Å². The van der Waals surface area contributed by atoms with Crippen molar-refractivity contribution in [2.45, 2.75) is 19.8 Å². The van der Waals surface area contributed by atoms with E-state index in [1.54, 1.807) is 6.20 Å². The lowest BCUT2D eigenvalue weighted by Gasteiger charge is -2.08. The molecule has 0 bridgehead atoms. The molecule has 16 heavy (non-hydrogen) atoms. The van der Waals surface area contributed by atoms with Gasteiger partial charge in [-0.15, -0.1) is 0 Å². The highest BCUT2D eigenvalue weighted by atomic mass is 79.9. The Hall–Kier alpha value is -0.810. The zero-order valence-electron chi connectivity index (χ0n) is 9.50. The van der Waals surface area contributed by atoms with Crippen molar-refractivity contribution >= 4 is 27.4 Å². The number of nitrogens with zero attached hydrogens (tertiary/aromatic N) is 1. The van der Waals surface area contributed by atoms with Gasteiger partial charge in [0.25, 0.3) is 0 Å². The lowest BCUT2D eigenvalue weighted by molar-refractivity contribution is 0.134. The summed E-state index contributed by atoms with van der Waals surface area (Å²) in [5.41, 5.74) is 6.25. The van der Waals surface area contributed by atoms with Crippen LogP contribution in [0.2, 0.25) is 0 Å². The molecule has 0 saturated heterocycles. The van der Waals surface area contributed by atoms with Crippen molar-refractivity contribution in [3.8, 4) is 0 Å². The monoisotopic (exact) mass is 287 g/mol. The van der Waals surface area contributed by atoms with Gasteiger partial charge in [0, 0.05) is 19.8 Å². The summed E-state index contributed by atoms with van der Waals surface area (Å²) in [6.07, 6.45) is 3.68. The third-order valence-electron chi connectivity index (χ3n) is 1.97. The standard InChI is InChI=1S/C11H18BrN3O/c1-2-5-16-6-3-4-14-11-10(12)7-9(13)8-15-11/h7-8H,2-6,13H2,1H3,(H,14,15). The second-order valence-corrected chi connectivity index (χ2v) is 4.35. The molecule has 0 aliphatic carbocycles. The fourth-order valence-corrected chi connectivity index (χ4v) is 1.72. The van der Waals surface area contributed by atoms with Gasteiger partial charge in [0.1, 0.15) is 5.82 Å². The average molecular weight is 288 g/mol. The summed E-state index contributed by atoms with van der Waals surface area (Å²) in [5, 5.41) is 3.22. The van der Waals surface area contributed by atoms with E-state index in [4.69, 9.17) is 10.5 Å². The van der Waals surface area contributed by atoms with Crippen molar-refractivity contribution in [2.24, 2.45) is 0 Å². The number of aromatic nitrogens is 1. The van der Waals surface area contributed by atoms with E-state index in [0.717, 1.165) is 42.9 Å². The van der Waals surface area contributed by atoms with Gasteiger partial charge in [-0.05, 0) is 34.8 Å². The largest absolute Gasteiger partial charge is 0.397 e. The summed E-state index contributed by atoms with van der Waals surface area (Å²) in [6.45, 7) is 4.57. The van der Waals surface area contributed by atoms with Gasteiger partial charge in [0.15, 0.2) is 0 Å². The van der Waals surface area contributed by atoms with Gasteiger partial charge >= 0.3 is 0 Å². The minimum atomic E-state index is 0.656. The van der Waals surface area contributed by atoms with Crippen LogP contribution in [0.15, 0.2) is 16.7 Å². The normalized spacial score (nSPS) is 10.4. The van der Waals surface area contributed by atoms with Gasteiger partial charge in [-0.25, -0.2) is 4.98 Å². The molecule has 0 atom stereocenters. The second-order valence-electron chi connectivity index (χ2n) is 3.49. The van der Waals surface area contributed by atoms with E-state index >= 15 is 0 Å².